The number of amides is 1. The number of hydrogen-bond acceptors (Lipinski definition) is 4. The highest BCUT2D eigenvalue weighted by molar-refractivity contribution is 8.00. The summed E-state index contributed by atoms with van der Waals surface area (Å²) in [4.78, 5) is 12.8. The molecule has 0 saturated carbocycles. The third-order valence-corrected chi connectivity index (χ3v) is 4.18. The maximum Gasteiger partial charge on any atom is 0.230 e. The minimum atomic E-state index is -0.140. The molecule has 0 aromatic heterocycles. The van der Waals surface area contributed by atoms with Crippen molar-refractivity contribution in [1.82, 2.24) is 5.32 Å². The normalized spacial score (nSPS) is 10.4. The first-order valence-corrected chi connectivity index (χ1v) is 8.00. The highest BCUT2D eigenvalue weighted by atomic mass is 32.2. The summed E-state index contributed by atoms with van der Waals surface area (Å²) < 4.78 is 0. The molecule has 0 fully saturated rings. The monoisotopic (exact) mass is 317 g/mol. The first kappa shape index (κ1) is 16.2. The van der Waals surface area contributed by atoms with Crippen molar-refractivity contribution in [3.63, 3.8) is 0 Å². The minimum Gasteiger partial charge on any atom is -0.504 e. The SMILES string of the molecule is Cc1ccc(SCC(=O)NCCc2ccc(O)c(O)c2)cc1. The van der Waals surface area contributed by atoms with Gasteiger partial charge in [0.05, 0.1) is 5.75 Å². The molecule has 2 aromatic carbocycles. The summed E-state index contributed by atoms with van der Waals surface area (Å²) >= 11 is 1.50. The first-order valence-electron chi connectivity index (χ1n) is 7.01. The predicted octanol–water partition coefficient (Wildman–Crippen LogP) is 2.86. The van der Waals surface area contributed by atoms with Crippen molar-refractivity contribution in [2.24, 2.45) is 0 Å². The van der Waals surface area contributed by atoms with Gasteiger partial charge in [-0.25, -0.2) is 0 Å². The number of phenols is 2. The second-order valence-corrected chi connectivity index (χ2v) is 6.07. The van der Waals surface area contributed by atoms with Gasteiger partial charge >= 0.3 is 0 Å². The van der Waals surface area contributed by atoms with E-state index in [1.807, 2.05) is 31.2 Å². The van der Waals surface area contributed by atoms with Crippen LogP contribution in [0.4, 0.5) is 0 Å². The average molecular weight is 317 g/mol. The van der Waals surface area contributed by atoms with E-state index in [1.54, 1.807) is 6.07 Å². The van der Waals surface area contributed by atoms with Crippen LogP contribution in [0.15, 0.2) is 47.4 Å². The van der Waals surface area contributed by atoms with E-state index < -0.39 is 0 Å². The molecule has 2 rings (SSSR count). The first-order chi connectivity index (χ1) is 10.5. The summed E-state index contributed by atoms with van der Waals surface area (Å²) in [6, 6.07) is 12.7. The third-order valence-electron chi connectivity index (χ3n) is 3.17. The van der Waals surface area contributed by atoms with E-state index in [2.05, 4.69) is 5.32 Å². The fraction of sp³-hybridized carbons (Fsp3) is 0.235. The summed E-state index contributed by atoms with van der Waals surface area (Å²) in [6.45, 7) is 2.53. The Morgan fingerprint density at radius 3 is 2.50 bits per heavy atom. The van der Waals surface area contributed by atoms with E-state index >= 15 is 0 Å². The van der Waals surface area contributed by atoms with Crippen molar-refractivity contribution in [2.75, 3.05) is 12.3 Å². The molecule has 116 valence electrons. The number of nitrogens with one attached hydrogen (secondary N) is 1. The van der Waals surface area contributed by atoms with E-state index in [-0.39, 0.29) is 17.4 Å². The lowest BCUT2D eigenvalue weighted by Crippen LogP contribution is -2.27. The van der Waals surface area contributed by atoms with Gasteiger partial charge in [0, 0.05) is 11.4 Å². The van der Waals surface area contributed by atoms with Crippen LogP contribution in [0.2, 0.25) is 0 Å². The van der Waals surface area contributed by atoms with E-state index in [4.69, 9.17) is 0 Å². The van der Waals surface area contributed by atoms with Crippen LogP contribution in [0.1, 0.15) is 11.1 Å². The van der Waals surface area contributed by atoms with Gasteiger partial charge in [0.25, 0.3) is 0 Å². The molecule has 0 saturated heterocycles. The number of rotatable bonds is 6. The summed E-state index contributed by atoms with van der Waals surface area (Å²) in [7, 11) is 0. The van der Waals surface area contributed by atoms with Gasteiger partial charge in [-0.2, -0.15) is 0 Å². The zero-order valence-corrected chi connectivity index (χ0v) is 13.2. The van der Waals surface area contributed by atoms with Crippen LogP contribution in [0.25, 0.3) is 0 Å². The van der Waals surface area contributed by atoms with Crippen molar-refractivity contribution in [3.05, 3.63) is 53.6 Å². The molecule has 0 aliphatic rings. The highest BCUT2D eigenvalue weighted by Crippen LogP contribution is 2.24. The Morgan fingerprint density at radius 1 is 1.09 bits per heavy atom. The summed E-state index contributed by atoms with van der Waals surface area (Å²) in [5, 5.41) is 21.5. The quantitative estimate of drug-likeness (QED) is 0.566. The molecular formula is C17H19NO3S. The molecule has 0 radical (unpaired) electrons. The molecule has 0 spiro atoms. The van der Waals surface area contributed by atoms with Crippen molar-refractivity contribution in [3.8, 4) is 11.5 Å². The van der Waals surface area contributed by atoms with Gasteiger partial charge in [0.15, 0.2) is 11.5 Å². The summed E-state index contributed by atoms with van der Waals surface area (Å²) in [5.74, 6) is 0.0822. The van der Waals surface area contributed by atoms with Crippen molar-refractivity contribution >= 4 is 17.7 Å². The van der Waals surface area contributed by atoms with Crippen LogP contribution < -0.4 is 5.32 Å². The number of hydrogen-bond donors (Lipinski definition) is 3. The van der Waals surface area contributed by atoms with Gasteiger partial charge in [-0.15, -0.1) is 11.8 Å². The second-order valence-electron chi connectivity index (χ2n) is 5.02. The zero-order chi connectivity index (χ0) is 15.9. The number of aryl methyl sites for hydroxylation is 1. The highest BCUT2D eigenvalue weighted by Gasteiger charge is 2.04. The average Bonchev–Trinajstić information content (AvgIpc) is 2.50. The maximum absolute atomic E-state index is 11.8. The van der Waals surface area contributed by atoms with Gasteiger partial charge in [-0.05, 0) is 43.2 Å². The van der Waals surface area contributed by atoms with Crippen LogP contribution in [0.3, 0.4) is 0 Å². The number of benzene rings is 2. The lowest BCUT2D eigenvalue weighted by molar-refractivity contribution is -0.118. The molecule has 4 nitrogen and oxygen atoms in total. The molecule has 2 aromatic rings. The zero-order valence-electron chi connectivity index (χ0n) is 12.4. The van der Waals surface area contributed by atoms with Crippen LogP contribution >= 0.6 is 11.8 Å². The molecule has 0 atom stereocenters. The number of carbonyl (C=O) groups is 1. The third kappa shape index (κ3) is 5.00. The Hall–Kier alpha value is -2.14. The summed E-state index contributed by atoms with van der Waals surface area (Å²) in [6.07, 6.45) is 0.606. The Morgan fingerprint density at radius 2 is 1.82 bits per heavy atom. The molecule has 0 heterocycles. The minimum absolute atomic E-state index is 0.0198. The van der Waals surface area contributed by atoms with Crippen LogP contribution in [0.5, 0.6) is 11.5 Å². The predicted molar refractivity (Wildman–Crippen MR) is 88.4 cm³/mol. The molecule has 3 N–H and O–H groups in total. The molecule has 22 heavy (non-hydrogen) atoms. The molecule has 5 heteroatoms. The fourth-order valence-electron chi connectivity index (χ4n) is 1.91. The van der Waals surface area contributed by atoms with E-state index in [0.29, 0.717) is 18.7 Å². The lowest BCUT2D eigenvalue weighted by Gasteiger charge is -2.06. The molecule has 0 unspecified atom stereocenters. The van der Waals surface area contributed by atoms with Gasteiger partial charge in [0.1, 0.15) is 0 Å². The van der Waals surface area contributed by atoms with Gasteiger partial charge in [-0.1, -0.05) is 23.8 Å². The number of aromatic hydroxyl groups is 2. The standard InChI is InChI=1S/C17H19NO3S/c1-12-2-5-14(6-3-12)22-11-17(21)18-9-8-13-4-7-15(19)16(20)10-13/h2-7,10,19-20H,8-9,11H2,1H3,(H,18,21). The molecule has 0 bridgehead atoms. The van der Waals surface area contributed by atoms with Gasteiger partial charge < -0.3 is 15.5 Å². The largest absolute Gasteiger partial charge is 0.504 e. The van der Waals surface area contributed by atoms with E-state index in [1.165, 1.54) is 29.5 Å². The van der Waals surface area contributed by atoms with Gasteiger partial charge in [0.2, 0.25) is 5.91 Å². The molecular weight excluding hydrogens is 298 g/mol. The molecule has 0 aliphatic heterocycles. The number of thioether (sulfide) groups is 1. The Kier molecular flexibility index (Phi) is 5.72. The van der Waals surface area contributed by atoms with Crippen molar-refractivity contribution < 1.29 is 15.0 Å². The lowest BCUT2D eigenvalue weighted by atomic mass is 10.1. The smallest absolute Gasteiger partial charge is 0.230 e. The maximum atomic E-state index is 11.8. The Bertz CT molecular complexity index is 641. The van der Waals surface area contributed by atoms with Crippen LogP contribution in [0, 0.1) is 6.92 Å². The Labute approximate surface area is 134 Å². The topological polar surface area (TPSA) is 69.6 Å². The second kappa shape index (κ2) is 7.75. The fourth-order valence-corrected chi connectivity index (χ4v) is 2.63. The number of carbonyl (C=O) groups excluding carboxylic acids is 1. The van der Waals surface area contributed by atoms with Gasteiger partial charge in [-0.3, -0.25) is 4.79 Å². The number of phenolic OH excluding ortho intramolecular Hbond substituents is 2. The Balaban J connectivity index is 1.71. The molecule has 0 aliphatic carbocycles. The van der Waals surface area contributed by atoms with E-state index in [9.17, 15) is 15.0 Å². The van der Waals surface area contributed by atoms with Crippen LogP contribution in [-0.4, -0.2) is 28.4 Å². The summed E-state index contributed by atoms with van der Waals surface area (Å²) in [5.41, 5.74) is 2.06. The van der Waals surface area contributed by atoms with Crippen molar-refractivity contribution in [2.45, 2.75) is 18.2 Å². The molecule has 1 amide bonds. The van der Waals surface area contributed by atoms with Crippen LogP contribution in [-0.2, 0) is 11.2 Å². The van der Waals surface area contributed by atoms with Crippen molar-refractivity contribution in [1.29, 1.82) is 0 Å². The van der Waals surface area contributed by atoms with E-state index in [0.717, 1.165) is 10.5 Å².